The number of amides is 1. The molecule has 0 aromatic heterocycles. The summed E-state index contributed by atoms with van der Waals surface area (Å²) in [5, 5.41) is 13.1. The number of carboxylic acids is 1. The molecular weight excluding hydrogens is 490 g/mol. The van der Waals surface area contributed by atoms with E-state index in [1.54, 1.807) is 0 Å². The Kier molecular flexibility index (Phi) is 7.56. The minimum Gasteiger partial charge on any atom is -0.480 e. The number of hydrogen-bond acceptors (Lipinski definition) is 4. The van der Waals surface area contributed by atoms with Crippen molar-refractivity contribution in [3.8, 4) is 11.1 Å². The number of carboxylic acid groups (broad SMARTS) is 1. The molecule has 4 rings (SSSR count). The molecule has 1 saturated heterocycles. The quantitative estimate of drug-likeness (QED) is 0.417. The van der Waals surface area contributed by atoms with Gasteiger partial charge in [-0.1, -0.05) is 75.4 Å². The van der Waals surface area contributed by atoms with Crippen LogP contribution in [0.15, 0.2) is 72.8 Å². The first-order valence-electron chi connectivity index (χ1n) is 12.4. The summed E-state index contributed by atoms with van der Waals surface area (Å²) in [5.74, 6) is -3.65. The molecule has 200 valence electrons. The van der Waals surface area contributed by atoms with Crippen LogP contribution in [0.5, 0.6) is 0 Å². The number of nitrogens with zero attached hydrogens (tertiary/aromatic N) is 1. The minimum absolute atomic E-state index is 0.0238. The summed E-state index contributed by atoms with van der Waals surface area (Å²) in [7, 11) is 1.51. The van der Waals surface area contributed by atoms with Crippen molar-refractivity contribution in [3.63, 3.8) is 0 Å². The molecule has 1 amide bonds. The predicted molar refractivity (Wildman–Crippen MR) is 142 cm³/mol. The van der Waals surface area contributed by atoms with Gasteiger partial charge in [0.15, 0.2) is 11.6 Å². The lowest BCUT2D eigenvalue weighted by molar-refractivity contribution is -0.149. The van der Waals surface area contributed by atoms with E-state index in [4.69, 9.17) is 4.74 Å². The molecule has 0 aliphatic carbocycles. The summed E-state index contributed by atoms with van der Waals surface area (Å²) >= 11 is 0. The number of nitrogens with one attached hydrogen (secondary N) is 1. The Labute approximate surface area is 221 Å². The zero-order chi connectivity index (χ0) is 27.7. The van der Waals surface area contributed by atoms with E-state index < -0.39 is 46.6 Å². The summed E-state index contributed by atoms with van der Waals surface area (Å²) < 4.78 is 33.3. The van der Waals surface area contributed by atoms with Crippen molar-refractivity contribution in [3.05, 3.63) is 90.0 Å². The molecule has 0 bridgehead atoms. The van der Waals surface area contributed by atoms with Gasteiger partial charge in [-0.2, -0.15) is 0 Å². The van der Waals surface area contributed by atoms with Crippen LogP contribution in [-0.4, -0.2) is 47.6 Å². The van der Waals surface area contributed by atoms with Gasteiger partial charge in [-0.05, 0) is 34.2 Å². The number of methoxy groups -OCH3 is 1. The lowest BCUT2D eigenvalue weighted by atomic mass is 9.85. The Hall–Kier alpha value is -3.78. The highest BCUT2D eigenvalue weighted by atomic mass is 19.2. The Morgan fingerprint density at radius 3 is 2.18 bits per heavy atom. The maximum Gasteiger partial charge on any atom is 0.326 e. The zero-order valence-electron chi connectivity index (χ0n) is 21.9. The molecule has 3 atom stereocenters. The van der Waals surface area contributed by atoms with Gasteiger partial charge in [-0.25, -0.2) is 13.6 Å². The summed E-state index contributed by atoms with van der Waals surface area (Å²) in [4.78, 5) is 27.6. The summed E-state index contributed by atoms with van der Waals surface area (Å²) in [5.41, 5.74) is 1.33. The summed E-state index contributed by atoms with van der Waals surface area (Å²) in [6, 6.07) is 18.8. The average molecular weight is 523 g/mol. The van der Waals surface area contributed by atoms with Crippen molar-refractivity contribution in [2.45, 2.75) is 44.9 Å². The highest BCUT2D eigenvalue weighted by molar-refractivity contribution is 5.90. The molecule has 0 saturated carbocycles. The second-order valence-corrected chi connectivity index (χ2v) is 10.7. The van der Waals surface area contributed by atoms with Crippen molar-refractivity contribution in [2.75, 3.05) is 19.0 Å². The number of carbonyl (C=O) groups is 2. The molecule has 1 aliphatic heterocycles. The van der Waals surface area contributed by atoms with Crippen LogP contribution in [0.1, 0.15) is 32.8 Å². The van der Waals surface area contributed by atoms with E-state index in [0.29, 0.717) is 0 Å². The second-order valence-electron chi connectivity index (χ2n) is 10.7. The molecule has 2 N–H and O–H groups in total. The largest absolute Gasteiger partial charge is 0.480 e. The topological polar surface area (TPSA) is 78.9 Å². The third-order valence-electron chi connectivity index (χ3n) is 7.15. The number of ether oxygens (including phenoxy) is 1. The first-order chi connectivity index (χ1) is 17.9. The van der Waals surface area contributed by atoms with Crippen LogP contribution < -0.4 is 5.32 Å². The van der Waals surface area contributed by atoms with E-state index in [1.807, 2.05) is 75.4 Å². The monoisotopic (exact) mass is 522 g/mol. The normalized spacial score (nSPS) is 20.3. The minimum atomic E-state index is -1.14. The molecule has 1 heterocycles. The number of likely N-dealkylation sites (tertiary alicyclic amines) is 1. The van der Waals surface area contributed by atoms with Gasteiger partial charge in [0.2, 0.25) is 5.91 Å². The molecule has 3 aromatic carbocycles. The fraction of sp³-hybridized carbons (Fsp3) is 0.333. The SMILES string of the molecule is CO[C@@]1(c2ccc(-c3ccccc3)cc2)C[C@@H](C(=O)O)N(C(=O)[C@@H](Nc2ccc(F)c(F)c2)C(C)(C)C)C1. The van der Waals surface area contributed by atoms with Crippen molar-refractivity contribution >= 4 is 17.6 Å². The van der Waals surface area contributed by atoms with E-state index >= 15 is 0 Å². The number of rotatable bonds is 7. The Bertz CT molecular complexity index is 1310. The van der Waals surface area contributed by atoms with Gasteiger partial charge < -0.3 is 20.1 Å². The third kappa shape index (κ3) is 5.41. The predicted octanol–water partition coefficient (Wildman–Crippen LogP) is 5.69. The second kappa shape index (κ2) is 10.5. The highest BCUT2D eigenvalue weighted by Crippen LogP contribution is 2.41. The fourth-order valence-corrected chi connectivity index (χ4v) is 4.96. The van der Waals surface area contributed by atoms with Gasteiger partial charge in [0.05, 0.1) is 6.54 Å². The van der Waals surface area contributed by atoms with Crippen LogP contribution in [0.4, 0.5) is 14.5 Å². The molecule has 8 heteroatoms. The first kappa shape index (κ1) is 27.3. The van der Waals surface area contributed by atoms with Crippen LogP contribution in [0.3, 0.4) is 0 Å². The number of hydrogen-bond donors (Lipinski definition) is 2. The van der Waals surface area contributed by atoms with E-state index in [9.17, 15) is 23.5 Å². The lowest BCUT2D eigenvalue weighted by Crippen LogP contribution is -2.53. The van der Waals surface area contributed by atoms with Crippen LogP contribution in [-0.2, 0) is 19.9 Å². The smallest absolute Gasteiger partial charge is 0.326 e. The molecule has 0 spiro atoms. The molecular formula is C30H32F2N2O4. The van der Waals surface area contributed by atoms with E-state index in [1.165, 1.54) is 18.1 Å². The van der Waals surface area contributed by atoms with E-state index in [2.05, 4.69) is 5.32 Å². The average Bonchev–Trinajstić information content (AvgIpc) is 3.31. The third-order valence-corrected chi connectivity index (χ3v) is 7.15. The van der Waals surface area contributed by atoms with Crippen molar-refractivity contribution in [1.29, 1.82) is 0 Å². The van der Waals surface area contributed by atoms with Crippen molar-refractivity contribution < 1.29 is 28.2 Å². The number of carbonyl (C=O) groups excluding carboxylic acids is 1. The number of benzene rings is 3. The Balaban J connectivity index is 1.65. The first-order valence-corrected chi connectivity index (χ1v) is 12.4. The van der Waals surface area contributed by atoms with Gasteiger partial charge in [0.25, 0.3) is 0 Å². The van der Waals surface area contributed by atoms with Crippen molar-refractivity contribution in [2.24, 2.45) is 5.41 Å². The van der Waals surface area contributed by atoms with Gasteiger partial charge in [0, 0.05) is 25.3 Å². The maximum absolute atomic E-state index is 13.9. The van der Waals surface area contributed by atoms with E-state index in [0.717, 1.165) is 28.8 Å². The molecule has 3 aromatic rings. The van der Waals surface area contributed by atoms with Crippen LogP contribution in [0.2, 0.25) is 0 Å². The molecule has 0 radical (unpaired) electrons. The molecule has 1 aliphatic rings. The van der Waals surface area contributed by atoms with Gasteiger partial charge in [-0.15, -0.1) is 0 Å². The molecule has 38 heavy (non-hydrogen) atoms. The Morgan fingerprint density at radius 2 is 1.63 bits per heavy atom. The highest BCUT2D eigenvalue weighted by Gasteiger charge is 2.52. The summed E-state index contributed by atoms with van der Waals surface area (Å²) in [6.45, 7) is 5.48. The summed E-state index contributed by atoms with van der Waals surface area (Å²) in [6.07, 6.45) is 0.0668. The Morgan fingerprint density at radius 1 is 1.00 bits per heavy atom. The number of anilines is 1. The van der Waals surface area contributed by atoms with Crippen LogP contribution in [0.25, 0.3) is 11.1 Å². The van der Waals surface area contributed by atoms with Gasteiger partial charge in [-0.3, -0.25) is 4.79 Å². The molecule has 6 nitrogen and oxygen atoms in total. The number of halogens is 2. The van der Waals surface area contributed by atoms with Crippen LogP contribution in [0, 0.1) is 17.0 Å². The number of aliphatic carboxylic acids is 1. The molecule has 0 unspecified atom stereocenters. The van der Waals surface area contributed by atoms with Crippen LogP contribution >= 0.6 is 0 Å². The zero-order valence-corrected chi connectivity index (χ0v) is 21.9. The fourth-order valence-electron chi connectivity index (χ4n) is 4.96. The van der Waals surface area contributed by atoms with Crippen molar-refractivity contribution in [1.82, 2.24) is 4.90 Å². The standard InChI is InChI=1S/C30H32F2N2O4/c1-29(2,3)26(33-22-14-15-23(31)24(32)16-22)27(35)34-18-30(38-4,17-25(34)28(36)37)21-12-10-20(11-13-21)19-8-6-5-7-9-19/h5-16,25-26,33H,17-18H2,1-4H3,(H,36,37)/t25-,26+,30-/m0/s1. The molecule has 1 fully saturated rings. The van der Waals surface area contributed by atoms with Gasteiger partial charge in [0.1, 0.15) is 17.7 Å². The maximum atomic E-state index is 13.9. The van der Waals surface area contributed by atoms with E-state index in [-0.39, 0.29) is 18.7 Å². The lowest BCUT2D eigenvalue weighted by Gasteiger charge is -2.36. The van der Waals surface area contributed by atoms with Gasteiger partial charge >= 0.3 is 5.97 Å².